The number of imide groups is 2. The number of carbonyl (C=O) groups excluding carboxylic acids is 4. The number of aromatic hydroxyl groups is 1. The van der Waals surface area contributed by atoms with E-state index >= 15 is 4.79 Å². The third kappa shape index (κ3) is 5.44. The van der Waals surface area contributed by atoms with Crippen LogP contribution in [0, 0.1) is 23.7 Å². The van der Waals surface area contributed by atoms with E-state index in [-0.39, 0.29) is 54.7 Å². The van der Waals surface area contributed by atoms with Gasteiger partial charge in [-0.1, -0.05) is 66.1 Å². The third-order valence-corrected chi connectivity index (χ3v) is 11.6. The Labute approximate surface area is 305 Å². The minimum absolute atomic E-state index is 0.00899. The van der Waals surface area contributed by atoms with Gasteiger partial charge in [-0.05, 0) is 55.4 Å². The first-order valence-corrected chi connectivity index (χ1v) is 17.8. The molecule has 0 bridgehead atoms. The lowest BCUT2D eigenvalue weighted by Gasteiger charge is -2.51. The number of phenols is 1. The molecule has 11 nitrogen and oxygen atoms in total. The van der Waals surface area contributed by atoms with Crippen molar-refractivity contribution in [3.05, 3.63) is 94.5 Å². The molecule has 52 heavy (non-hydrogen) atoms. The summed E-state index contributed by atoms with van der Waals surface area (Å²) in [6.07, 6.45) is 3.70. The summed E-state index contributed by atoms with van der Waals surface area (Å²) in [7, 11) is 2.90. The Hall–Kier alpha value is -5.16. The highest BCUT2D eigenvalue weighted by Gasteiger charge is 2.70. The quantitative estimate of drug-likeness (QED) is 0.141. The Morgan fingerprint density at radius 2 is 1.67 bits per heavy atom. The van der Waals surface area contributed by atoms with Gasteiger partial charge in [0.2, 0.25) is 23.6 Å². The van der Waals surface area contributed by atoms with E-state index in [0.717, 1.165) is 0 Å². The van der Waals surface area contributed by atoms with Crippen LogP contribution in [0.4, 0.5) is 5.69 Å². The molecule has 0 unspecified atom stereocenters. The first kappa shape index (κ1) is 35.3. The number of allylic oxidation sites excluding steroid dienone is 2. The summed E-state index contributed by atoms with van der Waals surface area (Å²) < 4.78 is 11.3. The number of carboxylic acids is 1. The lowest BCUT2D eigenvalue weighted by molar-refractivity contribution is -0.141. The summed E-state index contributed by atoms with van der Waals surface area (Å²) in [4.78, 5) is 71.9. The number of likely N-dealkylation sites (tertiary alicyclic amines) is 1. The predicted octanol–water partition coefficient (Wildman–Crippen LogP) is 5.87. The van der Waals surface area contributed by atoms with Crippen LogP contribution in [-0.2, 0) is 29.4 Å². The number of methoxy groups -OCH3 is 2. The lowest BCUT2D eigenvalue weighted by atomic mass is 9.49. The number of hydrogen-bond acceptors (Lipinski definition) is 8. The van der Waals surface area contributed by atoms with Gasteiger partial charge < -0.3 is 19.7 Å². The minimum Gasteiger partial charge on any atom is -0.507 e. The number of hydrogen-bond donors (Lipinski definition) is 2. The molecule has 3 fully saturated rings. The fraction of sp³-hybridized carbons (Fsp3) is 0.375. The second-order valence-electron chi connectivity index (χ2n) is 13.9. The summed E-state index contributed by atoms with van der Waals surface area (Å²) >= 11 is 6.39. The normalized spacial score (nSPS) is 26.5. The van der Waals surface area contributed by atoms with Crippen LogP contribution in [0.15, 0.2) is 78.4 Å². The molecule has 3 aromatic rings. The monoisotopic (exact) mass is 726 g/mol. The highest BCUT2D eigenvalue weighted by molar-refractivity contribution is 6.32. The van der Waals surface area contributed by atoms with Crippen molar-refractivity contribution in [2.75, 3.05) is 25.7 Å². The molecule has 3 aromatic carbocycles. The molecular weight excluding hydrogens is 688 g/mol. The van der Waals surface area contributed by atoms with Crippen molar-refractivity contribution in [2.24, 2.45) is 23.7 Å². The second kappa shape index (κ2) is 13.8. The molecule has 2 saturated heterocycles. The average Bonchev–Trinajstić information content (AvgIpc) is 3.51. The van der Waals surface area contributed by atoms with Crippen LogP contribution in [0.2, 0.25) is 5.02 Å². The Balaban J connectivity index is 1.41. The molecule has 2 aliphatic heterocycles. The van der Waals surface area contributed by atoms with E-state index in [0.29, 0.717) is 46.9 Å². The van der Waals surface area contributed by atoms with E-state index in [1.807, 2.05) is 24.3 Å². The molecule has 4 aliphatic rings. The Morgan fingerprint density at radius 1 is 0.904 bits per heavy atom. The molecule has 7 rings (SSSR count). The Morgan fingerprint density at radius 3 is 2.37 bits per heavy atom. The molecule has 0 spiro atoms. The van der Waals surface area contributed by atoms with E-state index in [1.54, 1.807) is 42.5 Å². The largest absolute Gasteiger partial charge is 0.507 e. The van der Waals surface area contributed by atoms with Crippen molar-refractivity contribution >= 4 is 46.9 Å². The third-order valence-electron chi connectivity index (χ3n) is 11.4. The number of anilines is 1. The zero-order valence-electron chi connectivity index (χ0n) is 28.8. The van der Waals surface area contributed by atoms with E-state index in [1.165, 1.54) is 30.1 Å². The van der Waals surface area contributed by atoms with Crippen molar-refractivity contribution in [3.8, 4) is 17.2 Å². The van der Waals surface area contributed by atoms with Crippen molar-refractivity contribution < 1.29 is 43.7 Å². The molecule has 270 valence electrons. The van der Waals surface area contributed by atoms with Gasteiger partial charge in [-0.15, -0.1) is 0 Å². The molecule has 2 heterocycles. The maximum atomic E-state index is 15.4. The lowest BCUT2D eigenvalue weighted by Crippen LogP contribution is -2.53. The maximum absolute atomic E-state index is 15.4. The summed E-state index contributed by atoms with van der Waals surface area (Å²) in [5.74, 6) is -6.24. The minimum atomic E-state index is -1.59. The number of halogens is 1. The fourth-order valence-electron chi connectivity index (χ4n) is 9.23. The summed E-state index contributed by atoms with van der Waals surface area (Å²) in [6.45, 7) is 0.167. The molecule has 4 amide bonds. The molecular formula is C40H39ClN2O9. The molecule has 6 atom stereocenters. The zero-order valence-corrected chi connectivity index (χ0v) is 29.5. The van der Waals surface area contributed by atoms with Gasteiger partial charge in [-0.25, -0.2) is 4.90 Å². The number of carbonyl (C=O) groups is 5. The predicted molar refractivity (Wildman–Crippen MR) is 190 cm³/mol. The number of carboxylic acid groups (broad SMARTS) is 1. The molecule has 1 saturated carbocycles. The zero-order chi connectivity index (χ0) is 36.9. The number of rotatable bonds is 11. The van der Waals surface area contributed by atoms with Gasteiger partial charge in [0.25, 0.3) is 0 Å². The first-order valence-electron chi connectivity index (χ1n) is 17.5. The first-order chi connectivity index (χ1) is 25.0. The highest BCUT2D eigenvalue weighted by Crippen LogP contribution is 2.66. The van der Waals surface area contributed by atoms with Gasteiger partial charge in [-0.3, -0.25) is 28.9 Å². The van der Waals surface area contributed by atoms with Crippen molar-refractivity contribution in [2.45, 2.75) is 49.9 Å². The summed E-state index contributed by atoms with van der Waals surface area (Å²) in [5.41, 5.74) is 0.215. The number of nitrogens with zero attached hydrogens (tertiary/aromatic N) is 2. The molecule has 2 N–H and O–H groups in total. The highest BCUT2D eigenvalue weighted by atomic mass is 35.5. The van der Waals surface area contributed by atoms with E-state index in [9.17, 15) is 24.3 Å². The van der Waals surface area contributed by atoms with Crippen LogP contribution in [0.1, 0.15) is 55.6 Å². The molecule has 12 heteroatoms. The van der Waals surface area contributed by atoms with Crippen LogP contribution in [0.5, 0.6) is 17.2 Å². The number of unbranched alkanes of at least 4 members (excludes halogenated alkanes) is 2. The van der Waals surface area contributed by atoms with Crippen LogP contribution in [0.25, 0.3) is 0 Å². The smallest absolute Gasteiger partial charge is 0.303 e. The Bertz CT molecular complexity index is 2000. The van der Waals surface area contributed by atoms with Crippen molar-refractivity contribution in [3.63, 3.8) is 0 Å². The number of phenolic OH excluding ortho intramolecular Hbond substituents is 1. The van der Waals surface area contributed by atoms with Crippen LogP contribution in [-0.4, -0.2) is 65.5 Å². The van der Waals surface area contributed by atoms with Gasteiger partial charge in [0, 0.05) is 41.6 Å². The van der Waals surface area contributed by atoms with Crippen LogP contribution in [0.3, 0.4) is 0 Å². The van der Waals surface area contributed by atoms with Crippen molar-refractivity contribution in [1.29, 1.82) is 0 Å². The topological polar surface area (TPSA) is 151 Å². The van der Waals surface area contributed by atoms with Gasteiger partial charge in [0.05, 0.1) is 43.1 Å². The van der Waals surface area contributed by atoms with E-state index in [2.05, 4.69) is 0 Å². The molecule has 0 radical (unpaired) electrons. The fourth-order valence-corrected chi connectivity index (χ4v) is 9.42. The molecule has 0 aromatic heterocycles. The SMILES string of the molecule is COc1cc(O)c([C@H]2C3=CC[C@@H]4C(=O)N(CCCCCC(=O)O)C(=O)[C@@H]4[C@@H]3C[C@H]3C(=O)N(c4cccc(Cl)c4)C(=O)[C@@]23c2ccccc2)c(OC)c1. The number of aliphatic carboxylic acids is 1. The van der Waals surface area contributed by atoms with Gasteiger partial charge in [0.1, 0.15) is 17.2 Å². The van der Waals surface area contributed by atoms with Gasteiger partial charge in [0.15, 0.2) is 0 Å². The Kier molecular flexibility index (Phi) is 9.33. The summed E-state index contributed by atoms with van der Waals surface area (Å²) in [6, 6.07) is 18.6. The van der Waals surface area contributed by atoms with Crippen molar-refractivity contribution in [1.82, 2.24) is 4.90 Å². The van der Waals surface area contributed by atoms with Crippen LogP contribution < -0.4 is 14.4 Å². The van der Waals surface area contributed by atoms with Crippen LogP contribution >= 0.6 is 11.6 Å². The van der Waals surface area contributed by atoms with Gasteiger partial charge >= 0.3 is 5.97 Å². The number of benzene rings is 3. The van der Waals surface area contributed by atoms with Gasteiger partial charge in [-0.2, -0.15) is 0 Å². The average molecular weight is 727 g/mol. The molecule has 2 aliphatic carbocycles. The number of fused-ring (bicyclic) bond motifs is 4. The van der Waals surface area contributed by atoms with E-state index < -0.39 is 52.8 Å². The second-order valence-corrected chi connectivity index (χ2v) is 14.3. The standard InChI is InChI=1S/C40H39ClN2O9/c1-51-25-19-30(44)34(31(20-25)52-2)35-26-15-16-27-33(38(49)42(36(27)47)17-8-4-7-14-32(45)46)28(26)21-29-37(48)43(24-13-9-12-23(41)18-24)39(50)40(29,35)22-10-5-3-6-11-22/h3,5-6,9-13,15,18-20,27-29,33,35,44H,4,7-8,14,16-17,21H2,1-2H3,(H,45,46)/t27-,28+,29-,33-,35+,40+/m0/s1. The van der Waals surface area contributed by atoms with E-state index in [4.69, 9.17) is 26.2 Å². The number of ether oxygens (including phenoxy) is 2. The number of amides is 4. The summed E-state index contributed by atoms with van der Waals surface area (Å²) in [5, 5.41) is 21.2. The maximum Gasteiger partial charge on any atom is 0.303 e.